The van der Waals surface area contributed by atoms with Gasteiger partial charge in [0, 0.05) is 18.6 Å². The van der Waals surface area contributed by atoms with Gasteiger partial charge in [-0.15, -0.1) is 0 Å². The first-order valence-corrected chi connectivity index (χ1v) is 7.80. The van der Waals surface area contributed by atoms with Crippen LogP contribution in [0.5, 0.6) is 11.5 Å². The molecule has 0 saturated heterocycles. The predicted octanol–water partition coefficient (Wildman–Crippen LogP) is 3.10. The van der Waals surface area contributed by atoms with E-state index in [0.717, 1.165) is 24.2 Å². The van der Waals surface area contributed by atoms with Gasteiger partial charge in [0.15, 0.2) is 11.5 Å². The van der Waals surface area contributed by atoms with E-state index >= 15 is 0 Å². The number of hydrogen-bond acceptors (Lipinski definition) is 4. The monoisotopic (exact) mass is 304 g/mol. The van der Waals surface area contributed by atoms with E-state index < -0.39 is 0 Å². The highest BCUT2D eigenvalue weighted by atomic mass is 16.5. The van der Waals surface area contributed by atoms with Gasteiger partial charge in [-0.2, -0.15) is 5.10 Å². The van der Waals surface area contributed by atoms with Crippen LogP contribution in [0.4, 0.5) is 0 Å². The summed E-state index contributed by atoms with van der Waals surface area (Å²) < 4.78 is 11.3. The van der Waals surface area contributed by atoms with Crippen LogP contribution in [0.3, 0.4) is 0 Å². The Kier molecular flexibility index (Phi) is 5.81. The molecular formula is C17H24N2O3. The molecule has 1 aromatic rings. The lowest BCUT2D eigenvalue weighted by Gasteiger charge is -2.19. The first kappa shape index (κ1) is 16.3. The maximum Gasteiger partial charge on any atom is 0.241 e. The minimum absolute atomic E-state index is 0.0184. The molecule has 5 nitrogen and oxygen atoms in total. The molecule has 1 N–H and O–H groups in total. The standard InChI is InChI=1S/C17H24N2O3/c1-4-12(5-2)11-22-16-8-13(6-7-15(16)21-3)14-9-17(20)19-18-10-14/h6-8,10,12,14H,4-5,9,11H2,1-3H3,(H,19,20). The van der Waals surface area contributed by atoms with Gasteiger partial charge < -0.3 is 9.47 Å². The molecule has 1 unspecified atom stereocenters. The summed E-state index contributed by atoms with van der Waals surface area (Å²) in [4.78, 5) is 11.5. The number of carbonyl (C=O) groups is 1. The van der Waals surface area contributed by atoms with E-state index in [9.17, 15) is 4.79 Å². The Labute approximate surface area is 131 Å². The number of hydrazone groups is 1. The minimum Gasteiger partial charge on any atom is -0.493 e. The molecule has 1 heterocycles. The summed E-state index contributed by atoms with van der Waals surface area (Å²) in [5.74, 6) is 1.89. The van der Waals surface area contributed by atoms with Crippen molar-refractivity contribution in [1.29, 1.82) is 0 Å². The molecule has 0 saturated carbocycles. The fourth-order valence-electron chi connectivity index (χ4n) is 2.47. The van der Waals surface area contributed by atoms with Gasteiger partial charge in [-0.1, -0.05) is 32.8 Å². The topological polar surface area (TPSA) is 59.9 Å². The van der Waals surface area contributed by atoms with Gasteiger partial charge in [-0.05, 0) is 23.6 Å². The van der Waals surface area contributed by atoms with Crippen LogP contribution in [-0.4, -0.2) is 25.8 Å². The zero-order valence-electron chi connectivity index (χ0n) is 13.5. The van der Waals surface area contributed by atoms with E-state index in [1.54, 1.807) is 13.3 Å². The molecule has 0 aromatic heterocycles. The minimum atomic E-state index is -0.0668. The van der Waals surface area contributed by atoms with Crippen molar-refractivity contribution >= 4 is 12.1 Å². The van der Waals surface area contributed by atoms with Crippen molar-refractivity contribution < 1.29 is 14.3 Å². The van der Waals surface area contributed by atoms with Crippen LogP contribution in [-0.2, 0) is 4.79 Å². The number of carbonyl (C=O) groups excluding carboxylic acids is 1. The molecule has 1 amide bonds. The summed E-state index contributed by atoms with van der Waals surface area (Å²) in [5, 5.41) is 3.89. The second kappa shape index (κ2) is 7.82. The van der Waals surface area contributed by atoms with Crippen LogP contribution in [0.15, 0.2) is 23.3 Å². The van der Waals surface area contributed by atoms with Crippen LogP contribution < -0.4 is 14.9 Å². The number of hydrogen-bond donors (Lipinski definition) is 1. The Balaban J connectivity index is 2.16. The van der Waals surface area contributed by atoms with Gasteiger partial charge in [-0.25, -0.2) is 5.43 Å². The molecular weight excluding hydrogens is 280 g/mol. The summed E-state index contributed by atoms with van der Waals surface area (Å²) in [5.41, 5.74) is 3.46. The Morgan fingerprint density at radius 1 is 1.32 bits per heavy atom. The van der Waals surface area contributed by atoms with Crippen molar-refractivity contribution in [3.63, 3.8) is 0 Å². The Morgan fingerprint density at radius 3 is 2.73 bits per heavy atom. The van der Waals surface area contributed by atoms with Crippen molar-refractivity contribution in [2.24, 2.45) is 11.0 Å². The van der Waals surface area contributed by atoms with Gasteiger partial charge in [0.2, 0.25) is 5.91 Å². The molecule has 0 bridgehead atoms. The fourth-order valence-corrected chi connectivity index (χ4v) is 2.47. The highest BCUT2D eigenvalue weighted by molar-refractivity contribution is 5.86. The van der Waals surface area contributed by atoms with Crippen molar-refractivity contribution in [2.45, 2.75) is 39.0 Å². The summed E-state index contributed by atoms with van der Waals surface area (Å²) in [6, 6.07) is 5.80. The molecule has 5 heteroatoms. The van der Waals surface area contributed by atoms with E-state index in [4.69, 9.17) is 9.47 Å². The van der Waals surface area contributed by atoms with E-state index in [1.165, 1.54) is 0 Å². The molecule has 0 spiro atoms. The molecule has 0 radical (unpaired) electrons. The summed E-state index contributed by atoms with van der Waals surface area (Å²) in [6.07, 6.45) is 4.34. The van der Waals surface area contributed by atoms with E-state index in [2.05, 4.69) is 24.4 Å². The Bertz CT molecular complexity index is 539. The fraction of sp³-hybridized carbons (Fsp3) is 0.529. The lowest BCUT2D eigenvalue weighted by molar-refractivity contribution is -0.121. The summed E-state index contributed by atoms with van der Waals surface area (Å²) in [6.45, 7) is 5.01. The molecule has 1 aromatic carbocycles. The maximum absolute atomic E-state index is 11.5. The molecule has 1 aliphatic rings. The molecule has 120 valence electrons. The first-order valence-electron chi connectivity index (χ1n) is 7.80. The van der Waals surface area contributed by atoms with Crippen molar-refractivity contribution in [1.82, 2.24) is 5.43 Å². The number of nitrogens with zero attached hydrogens (tertiary/aromatic N) is 1. The highest BCUT2D eigenvalue weighted by Gasteiger charge is 2.19. The van der Waals surface area contributed by atoms with Gasteiger partial charge in [0.05, 0.1) is 13.7 Å². The molecule has 0 fully saturated rings. The quantitative estimate of drug-likeness (QED) is 0.842. The predicted molar refractivity (Wildman–Crippen MR) is 86.6 cm³/mol. The lowest BCUT2D eigenvalue weighted by Crippen LogP contribution is -2.26. The second-order valence-electron chi connectivity index (χ2n) is 5.53. The third kappa shape index (κ3) is 4.00. The van der Waals surface area contributed by atoms with Crippen LogP contribution >= 0.6 is 0 Å². The van der Waals surface area contributed by atoms with Crippen molar-refractivity contribution in [3.8, 4) is 11.5 Å². The first-order chi connectivity index (χ1) is 10.7. The molecule has 1 aliphatic heterocycles. The third-order valence-electron chi connectivity index (χ3n) is 4.09. The van der Waals surface area contributed by atoms with Crippen LogP contribution in [0.25, 0.3) is 0 Å². The zero-order valence-corrected chi connectivity index (χ0v) is 13.5. The molecule has 2 rings (SSSR count). The van der Waals surface area contributed by atoms with Crippen LogP contribution in [0.1, 0.15) is 44.6 Å². The van der Waals surface area contributed by atoms with E-state index in [1.807, 2.05) is 18.2 Å². The number of methoxy groups -OCH3 is 1. The molecule has 22 heavy (non-hydrogen) atoms. The number of ether oxygens (including phenoxy) is 2. The lowest BCUT2D eigenvalue weighted by atomic mass is 9.95. The summed E-state index contributed by atoms with van der Waals surface area (Å²) in [7, 11) is 1.63. The van der Waals surface area contributed by atoms with Crippen molar-refractivity contribution in [3.05, 3.63) is 23.8 Å². The van der Waals surface area contributed by atoms with Crippen molar-refractivity contribution in [2.75, 3.05) is 13.7 Å². The smallest absolute Gasteiger partial charge is 0.241 e. The van der Waals surface area contributed by atoms with Crippen LogP contribution in [0, 0.1) is 5.92 Å². The summed E-state index contributed by atoms with van der Waals surface area (Å²) >= 11 is 0. The SMILES string of the molecule is CCC(CC)COc1cc(C2C=NNC(=O)C2)ccc1OC. The van der Waals surface area contributed by atoms with Gasteiger partial charge in [0.25, 0.3) is 0 Å². The van der Waals surface area contributed by atoms with Gasteiger partial charge >= 0.3 is 0 Å². The average molecular weight is 304 g/mol. The maximum atomic E-state index is 11.5. The highest BCUT2D eigenvalue weighted by Crippen LogP contribution is 2.32. The van der Waals surface area contributed by atoms with Crippen LogP contribution in [0.2, 0.25) is 0 Å². The second-order valence-corrected chi connectivity index (χ2v) is 5.53. The van der Waals surface area contributed by atoms with E-state index in [0.29, 0.717) is 24.7 Å². The average Bonchev–Trinajstić information content (AvgIpc) is 2.55. The number of benzene rings is 1. The molecule has 0 aliphatic carbocycles. The van der Waals surface area contributed by atoms with Gasteiger partial charge in [-0.3, -0.25) is 4.79 Å². The Hall–Kier alpha value is -2.04. The zero-order chi connectivity index (χ0) is 15.9. The van der Waals surface area contributed by atoms with Gasteiger partial charge in [0.1, 0.15) is 0 Å². The number of nitrogens with one attached hydrogen (secondary N) is 1. The van der Waals surface area contributed by atoms with E-state index in [-0.39, 0.29) is 11.8 Å². The third-order valence-corrected chi connectivity index (χ3v) is 4.09. The molecule has 1 atom stereocenters. The Morgan fingerprint density at radius 2 is 2.09 bits per heavy atom. The number of rotatable bonds is 7. The number of amides is 1. The normalized spacial score (nSPS) is 17.5. The largest absolute Gasteiger partial charge is 0.493 e.